The Balaban J connectivity index is 2.38. The van der Waals surface area contributed by atoms with E-state index in [1.54, 1.807) is 11.8 Å². The number of thioether (sulfide) groups is 1. The normalized spacial score (nSPS) is 11.5. The number of hydrogen-bond donors (Lipinski definition) is 2. The topological polar surface area (TPSA) is 49.7 Å². The van der Waals surface area contributed by atoms with E-state index in [-0.39, 0.29) is 18.5 Å². The Kier molecular flexibility index (Phi) is 8.15. The molecule has 1 atom stereocenters. The molecule has 3 nitrogen and oxygen atoms in total. The van der Waals surface area contributed by atoms with Crippen molar-refractivity contribution in [3.05, 3.63) is 29.8 Å². The molecule has 0 fully saturated rings. The average Bonchev–Trinajstić information content (AvgIpc) is 2.44. The number of hydrogen-bond acceptors (Lipinski definition) is 4. The molecule has 104 valence electrons. The fraction of sp³-hybridized carbons (Fsp3) is 0.467. The van der Waals surface area contributed by atoms with E-state index in [1.807, 2.05) is 31.2 Å². The van der Waals surface area contributed by atoms with Gasteiger partial charge >= 0.3 is 0 Å². The van der Waals surface area contributed by atoms with Crippen LogP contribution in [0.15, 0.2) is 24.3 Å². The van der Waals surface area contributed by atoms with Crippen LogP contribution >= 0.6 is 11.8 Å². The summed E-state index contributed by atoms with van der Waals surface area (Å²) < 4.78 is 5.63. The summed E-state index contributed by atoms with van der Waals surface area (Å²) in [5.74, 6) is 7.50. The molecule has 0 aromatic heterocycles. The minimum atomic E-state index is 0.0868. The monoisotopic (exact) mass is 280 g/mol. The first kappa shape index (κ1) is 15.9. The maximum atomic E-state index is 8.90. The van der Waals surface area contributed by atoms with Crippen molar-refractivity contribution in [3.63, 3.8) is 0 Å². The highest BCUT2D eigenvalue weighted by Crippen LogP contribution is 2.14. The van der Waals surface area contributed by atoms with Gasteiger partial charge in [-0.25, -0.2) is 0 Å². The van der Waals surface area contributed by atoms with Gasteiger partial charge in [0.15, 0.2) is 0 Å². The third-order valence-electron chi connectivity index (χ3n) is 2.32. The van der Waals surface area contributed by atoms with Gasteiger partial charge in [0.2, 0.25) is 0 Å². The van der Waals surface area contributed by atoms with Gasteiger partial charge in [0.1, 0.15) is 5.75 Å². The summed E-state index contributed by atoms with van der Waals surface area (Å²) in [4.78, 5) is 0. The molecule has 0 aliphatic rings. The first-order valence-corrected chi connectivity index (χ1v) is 7.36. The number of benzene rings is 1. The highest BCUT2D eigenvalue weighted by Gasteiger charge is 2.00. The van der Waals surface area contributed by atoms with Gasteiger partial charge in [-0.05, 0) is 18.2 Å². The zero-order chi connectivity index (χ0) is 13.9. The van der Waals surface area contributed by atoms with Gasteiger partial charge in [-0.3, -0.25) is 0 Å². The predicted octanol–water partition coefficient (Wildman–Crippen LogP) is 1.91. The second kappa shape index (κ2) is 9.74. The molecule has 0 radical (unpaired) electrons. The molecule has 0 aliphatic carbocycles. The van der Waals surface area contributed by atoms with Crippen molar-refractivity contribution in [1.29, 1.82) is 0 Å². The molecule has 1 rings (SSSR count). The van der Waals surface area contributed by atoms with E-state index in [2.05, 4.69) is 11.8 Å². The zero-order valence-corrected chi connectivity index (χ0v) is 11.9. The van der Waals surface area contributed by atoms with Crippen LogP contribution in [0.2, 0.25) is 0 Å². The van der Waals surface area contributed by atoms with Crippen LogP contribution in [-0.4, -0.2) is 41.0 Å². The van der Waals surface area contributed by atoms with Crippen LogP contribution in [0.4, 0.5) is 0 Å². The molecule has 0 aliphatic heterocycles. The first-order valence-electron chi connectivity index (χ1n) is 6.31. The van der Waals surface area contributed by atoms with Crippen LogP contribution in [0.25, 0.3) is 0 Å². The van der Waals surface area contributed by atoms with Crippen LogP contribution in [0.5, 0.6) is 5.75 Å². The van der Waals surface area contributed by atoms with Crippen LogP contribution < -0.4 is 4.74 Å². The summed E-state index contributed by atoms with van der Waals surface area (Å²) in [5, 5.41) is 17.8. The Hall–Kier alpha value is -1.15. The van der Waals surface area contributed by atoms with Crippen molar-refractivity contribution in [1.82, 2.24) is 0 Å². The summed E-state index contributed by atoms with van der Waals surface area (Å²) in [6, 6.07) is 7.61. The predicted molar refractivity (Wildman–Crippen MR) is 79.5 cm³/mol. The Bertz CT molecular complexity index is 423. The molecule has 1 aromatic rings. The summed E-state index contributed by atoms with van der Waals surface area (Å²) in [5.41, 5.74) is 0.891. The Morgan fingerprint density at radius 2 is 2.21 bits per heavy atom. The zero-order valence-electron chi connectivity index (χ0n) is 11.1. The summed E-state index contributed by atoms with van der Waals surface area (Å²) in [7, 11) is 0. The lowest BCUT2D eigenvalue weighted by Crippen LogP contribution is -2.07. The highest BCUT2D eigenvalue weighted by molar-refractivity contribution is 7.99. The third kappa shape index (κ3) is 7.12. The first-order chi connectivity index (χ1) is 9.26. The van der Waals surface area contributed by atoms with Crippen LogP contribution in [0.3, 0.4) is 0 Å². The molecule has 19 heavy (non-hydrogen) atoms. The van der Waals surface area contributed by atoms with Crippen molar-refractivity contribution in [2.24, 2.45) is 0 Å². The Morgan fingerprint density at radius 1 is 1.37 bits per heavy atom. The maximum absolute atomic E-state index is 8.90. The lowest BCUT2D eigenvalue weighted by molar-refractivity contribution is 0.299. The van der Waals surface area contributed by atoms with Crippen LogP contribution in [0.1, 0.15) is 18.9 Å². The third-order valence-corrected chi connectivity index (χ3v) is 3.44. The lowest BCUT2D eigenvalue weighted by atomic mass is 10.2. The minimum absolute atomic E-state index is 0.0868. The van der Waals surface area contributed by atoms with Crippen molar-refractivity contribution in [2.75, 3.05) is 25.6 Å². The maximum Gasteiger partial charge on any atom is 0.120 e. The van der Waals surface area contributed by atoms with Gasteiger partial charge in [-0.1, -0.05) is 24.8 Å². The molecular formula is C15H20O3S. The quantitative estimate of drug-likeness (QED) is 0.592. The number of ether oxygens (including phenoxy) is 1. The van der Waals surface area contributed by atoms with Crippen molar-refractivity contribution in [2.45, 2.75) is 18.6 Å². The standard InChI is InChI=1S/C15H20O3S/c1-13(12-17)19-10-9-18-15-7-4-6-14(11-15)5-2-3-8-16/h4,6-7,11,13,16-17H,3,8-10,12H2,1H3. The summed E-state index contributed by atoms with van der Waals surface area (Å²) in [6.07, 6.45) is 0.487. The molecule has 0 amide bonds. The van der Waals surface area contributed by atoms with Gasteiger partial charge < -0.3 is 14.9 Å². The Labute approximate surface area is 119 Å². The lowest BCUT2D eigenvalue weighted by Gasteiger charge is -2.09. The molecule has 4 heteroatoms. The van der Waals surface area contributed by atoms with E-state index >= 15 is 0 Å². The van der Waals surface area contributed by atoms with Gasteiger partial charge in [0.05, 0.1) is 19.8 Å². The van der Waals surface area contributed by atoms with Crippen molar-refractivity contribution >= 4 is 11.8 Å². The number of aliphatic hydroxyl groups excluding tert-OH is 2. The summed E-state index contributed by atoms with van der Waals surface area (Å²) in [6.45, 7) is 2.88. The number of rotatable bonds is 7. The van der Waals surface area contributed by atoms with E-state index in [4.69, 9.17) is 14.9 Å². The summed E-state index contributed by atoms with van der Waals surface area (Å²) >= 11 is 1.69. The Morgan fingerprint density at radius 3 is 2.95 bits per heavy atom. The average molecular weight is 280 g/mol. The molecule has 1 unspecified atom stereocenters. The SMILES string of the molecule is CC(CO)SCCOc1cccc(C#CCCO)c1. The second-order valence-electron chi connectivity index (χ2n) is 4.02. The molecular weight excluding hydrogens is 260 g/mol. The van der Waals surface area contributed by atoms with E-state index in [0.717, 1.165) is 17.1 Å². The van der Waals surface area contributed by atoms with E-state index in [9.17, 15) is 0 Å². The molecule has 1 aromatic carbocycles. The van der Waals surface area contributed by atoms with Gasteiger partial charge in [0.25, 0.3) is 0 Å². The molecule has 0 spiro atoms. The van der Waals surface area contributed by atoms with E-state index in [1.165, 1.54) is 0 Å². The van der Waals surface area contributed by atoms with Crippen molar-refractivity contribution < 1.29 is 14.9 Å². The fourth-order valence-corrected chi connectivity index (χ4v) is 2.03. The highest BCUT2D eigenvalue weighted by atomic mass is 32.2. The minimum Gasteiger partial charge on any atom is -0.493 e. The van der Waals surface area contributed by atoms with Gasteiger partial charge in [-0.2, -0.15) is 11.8 Å². The number of aliphatic hydroxyl groups is 2. The van der Waals surface area contributed by atoms with Gasteiger partial charge in [-0.15, -0.1) is 0 Å². The van der Waals surface area contributed by atoms with Crippen LogP contribution in [-0.2, 0) is 0 Å². The fourth-order valence-electron chi connectivity index (χ4n) is 1.35. The van der Waals surface area contributed by atoms with E-state index in [0.29, 0.717) is 13.0 Å². The smallest absolute Gasteiger partial charge is 0.120 e. The molecule has 0 heterocycles. The van der Waals surface area contributed by atoms with Crippen LogP contribution in [0, 0.1) is 11.8 Å². The molecule has 2 N–H and O–H groups in total. The van der Waals surface area contributed by atoms with E-state index < -0.39 is 0 Å². The largest absolute Gasteiger partial charge is 0.493 e. The molecule has 0 saturated carbocycles. The molecule has 0 saturated heterocycles. The van der Waals surface area contributed by atoms with Crippen molar-refractivity contribution in [3.8, 4) is 17.6 Å². The molecule has 0 bridgehead atoms. The second-order valence-corrected chi connectivity index (χ2v) is 5.56. The van der Waals surface area contributed by atoms with Gasteiger partial charge in [0, 0.05) is 23.0 Å².